The van der Waals surface area contributed by atoms with E-state index in [0.717, 1.165) is 4.68 Å². The van der Waals surface area contributed by atoms with Crippen molar-refractivity contribution in [1.29, 1.82) is 5.26 Å². The number of aryl methyl sites for hydroxylation is 1. The number of hydrogen-bond donors (Lipinski definition) is 1. The summed E-state index contributed by atoms with van der Waals surface area (Å²) in [5, 5.41) is 12.8. The van der Waals surface area contributed by atoms with Gasteiger partial charge < -0.3 is 9.30 Å². The maximum atomic E-state index is 12.2. The summed E-state index contributed by atoms with van der Waals surface area (Å²) in [5.74, 6) is 0.435. The number of rotatable bonds is 4. The molecule has 0 bridgehead atoms. The van der Waals surface area contributed by atoms with Crippen LogP contribution in [0, 0.1) is 11.3 Å². The van der Waals surface area contributed by atoms with Crippen LogP contribution in [0.25, 0.3) is 5.69 Å². The van der Waals surface area contributed by atoms with Crippen LogP contribution in [0.1, 0.15) is 31.0 Å². The highest BCUT2D eigenvalue weighted by atomic mass is 35.5. The van der Waals surface area contributed by atoms with Crippen LogP contribution in [-0.4, -0.2) is 19.3 Å². The van der Waals surface area contributed by atoms with Crippen molar-refractivity contribution in [1.82, 2.24) is 19.3 Å². The van der Waals surface area contributed by atoms with Crippen molar-refractivity contribution < 1.29 is 4.74 Å². The predicted molar refractivity (Wildman–Crippen MR) is 111 cm³/mol. The van der Waals surface area contributed by atoms with Gasteiger partial charge in [-0.15, -0.1) is 5.10 Å². The van der Waals surface area contributed by atoms with E-state index in [4.69, 9.17) is 33.2 Å². The van der Waals surface area contributed by atoms with Crippen LogP contribution in [0.2, 0.25) is 10.0 Å². The smallest absolute Gasteiger partial charge is 0.349 e. The molecular weight excluding hydrogens is 433 g/mol. The SMILES string of the molecule is CC(C)c1cc(Oc2c(Cl)cc(-n3nc(C#N)c(=O)[nH]c3=O)cc2Cl)cn(C)c1=O. The van der Waals surface area contributed by atoms with Crippen molar-refractivity contribution in [3.8, 4) is 23.3 Å². The standard InChI is InChI=1S/C19H15Cl2N5O4/c1-9(2)12-6-11(8-25(3)18(12)28)30-16-13(20)4-10(5-14(16)21)26-19(29)23-17(27)15(7-22)24-26/h4-6,8-9H,1-3H3,(H,23,27,29). The Hall–Kier alpha value is -3.35. The number of hydrogen-bond acceptors (Lipinski definition) is 6. The van der Waals surface area contributed by atoms with E-state index in [2.05, 4.69) is 5.10 Å². The molecule has 9 nitrogen and oxygen atoms in total. The van der Waals surface area contributed by atoms with Crippen LogP contribution in [0.4, 0.5) is 0 Å². The lowest BCUT2D eigenvalue weighted by atomic mass is 10.1. The predicted octanol–water partition coefficient (Wildman–Crippen LogP) is 2.71. The summed E-state index contributed by atoms with van der Waals surface area (Å²) < 4.78 is 8.00. The Balaban J connectivity index is 2.08. The molecule has 0 saturated carbocycles. The molecule has 30 heavy (non-hydrogen) atoms. The molecule has 3 rings (SSSR count). The molecule has 0 aliphatic heterocycles. The van der Waals surface area contributed by atoms with Crippen molar-refractivity contribution in [3.63, 3.8) is 0 Å². The third kappa shape index (κ3) is 4.01. The summed E-state index contributed by atoms with van der Waals surface area (Å²) in [7, 11) is 1.61. The highest BCUT2D eigenvalue weighted by molar-refractivity contribution is 6.37. The fraction of sp³-hybridized carbons (Fsp3) is 0.211. The van der Waals surface area contributed by atoms with E-state index in [1.165, 1.54) is 22.9 Å². The zero-order valence-electron chi connectivity index (χ0n) is 16.1. The van der Waals surface area contributed by atoms with Crippen molar-refractivity contribution in [2.24, 2.45) is 7.05 Å². The van der Waals surface area contributed by atoms with E-state index in [9.17, 15) is 14.4 Å². The van der Waals surface area contributed by atoms with Gasteiger partial charge in [0.1, 0.15) is 11.8 Å². The monoisotopic (exact) mass is 447 g/mol. The van der Waals surface area contributed by atoms with Crippen molar-refractivity contribution in [2.75, 3.05) is 0 Å². The fourth-order valence-electron chi connectivity index (χ4n) is 2.71. The topological polar surface area (TPSA) is 123 Å². The van der Waals surface area contributed by atoms with Crippen LogP contribution in [0.15, 0.2) is 38.8 Å². The highest BCUT2D eigenvalue weighted by Gasteiger charge is 2.16. The van der Waals surface area contributed by atoms with Gasteiger partial charge in [-0.25, -0.2) is 4.79 Å². The van der Waals surface area contributed by atoms with Crippen molar-refractivity contribution in [3.05, 3.63) is 76.9 Å². The van der Waals surface area contributed by atoms with Crippen LogP contribution >= 0.6 is 23.2 Å². The quantitative estimate of drug-likeness (QED) is 0.655. The number of nitriles is 1. The van der Waals surface area contributed by atoms with E-state index in [0.29, 0.717) is 11.3 Å². The van der Waals surface area contributed by atoms with Gasteiger partial charge in [0.25, 0.3) is 11.1 Å². The van der Waals surface area contributed by atoms with Crippen LogP contribution < -0.4 is 21.5 Å². The average Bonchev–Trinajstić information content (AvgIpc) is 2.67. The first kappa shape index (κ1) is 21.4. The van der Waals surface area contributed by atoms with Gasteiger partial charge in [0.15, 0.2) is 5.75 Å². The molecule has 2 aromatic heterocycles. The second-order valence-corrected chi connectivity index (χ2v) is 7.49. The van der Waals surface area contributed by atoms with Gasteiger partial charge in [-0.05, 0) is 24.1 Å². The lowest BCUT2D eigenvalue weighted by Gasteiger charge is -2.14. The normalized spacial score (nSPS) is 10.8. The Bertz CT molecular complexity index is 1340. The summed E-state index contributed by atoms with van der Waals surface area (Å²) in [5.41, 5.74) is -1.70. The van der Waals surface area contributed by atoms with Crippen LogP contribution in [0.5, 0.6) is 11.5 Å². The van der Waals surface area contributed by atoms with Gasteiger partial charge in [0.05, 0.1) is 15.7 Å². The van der Waals surface area contributed by atoms with Crippen LogP contribution in [0.3, 0.4) is 0 Å². The first-order valence-electron chi connectivity index (χ1n) is 8.64. The first-order chi connectivity index (χ1) is 14.1. The molecule has 11 heteroatoms. The van der Waals surface area contributed by atoms with Crippen molar-refractivity contribution in [2.45, 2.75) is 19.8 Å². The minimum absolute atomic E-state index is 0.0203. The molecule has 0 aliphatic carbocycles. The summed E-state index contributed by atoms with van der Waals surface area (Å²) in [6, 6.07) is 5.91. The number of nitrogens with zero attached hydrogens (tertiary/aromatic N) is 4. The third-order valence-corrected chi connectivity index (χ3v) is 4.75. The number of benzene rings is 1. The molecule has 0 radical (unpaired) electrons. The molecule has 0 unspecified atom stereocenters. The molecule has 1 aromatic carbocycles. The summed E-state index contributed by atoms with van der Waals surface area (Å²) in [6.45, 7) is 3.78. The summed E-state index contributed by atoms with van der Waals surface area (Å²) in [4.78, 5) is 37.8. The zero-order valence-corrected chi connectivity index (χ0v) is 17.6. The lowest BCUT2D eigenvalue weighted by Crippen LogP contribution is -2.33. The van der Waals surface area contributed by atoms with E-state index in [1.54, 1.807) is 19.2 Å². The molecule has 0 spiro atoms. The van der Waals surface area contributed by atoms with E-state index >= 15 is 0 Å². The number of aromatic nitrogens is 4. The van der Waals surface area contributed by atoms with Gasteiger partial charge in [-0.1, -0.05) is 37.0 Å². The Morgan fingerprint density at radius 2 is 1.80 bits per heavy atom. The number of H-pyrrole nitrogens is 1. The zero-order chi connectivity index (χ0) is 22.2. The summed E-state index contributed by atoms with van der Waals surface area (Å²) >= 11 is 12.6. The molecule has 2 heterocycles. The Morgan fingerprint density at radius 3 is 2.37 bits per heavy atom. The molecule has 0 fully saturated rings. The maximum absolute atomic E-state index is 12.2. The molecule has 3 aromatic rings. The molecule has 1 N–H and O–H groups in total. The molecule has 154 valence electrons. The van der Waals surface area contributed by atoms with Gasteiger partial charge >= 0.3 is 5.69 Å². The van der Waals surface area contributed by atoms with Crippen LogP contribution in [-0.2, 0) is 7.05 Å². The second kappa shape index (κ2) is 8.18. The number of nitrogens with one attached hydrogen (secondary N) is 1. The van der Waals surface area contributed by atoms with Crippen molar-refractivity contribution >= 4 is 23.2 Å². The fourth-order valence-corrected chi connectivity index (χ4v) is 3.26. The van der Waals surface area contributed by atoms with Gasteiger partial charge in [-0.3, -0.25) is 14.6 Å². The number of pyridine rings is 1. The number of ether oxygens (including phenoxy) is 1. The van der Waals surface area contributed by atoms with E-state index in [-0.39, 0.29) is 33.0 Å². The molecule has 0 amide bonds. The van der Waals surface area contributed by atoms with E-state index < -0.39 is 16.9 Å². The third-order valence-electron chi connectivity index (χ3n) is 4.19. The average molecular weight is 448 g/mol. The molecule has 0 aliphatic rings. The molecule has 0 atom stereocenters. The largest absolute Gasteiger partial charge is 0.453 e. The molecule has 0 saturated heterocycles. The maximum Gasteiger partial charge on any atom is 0.349 e. The first-order valence-corrected chi connectivity index (χ1v) is 9.39. The Morgan fingerprint density at radius 1 is 1.17 bits per heavy atom. The van der Waals surface area contributed by atoms with Gasteiger partial charge in [0.2, 0.25) is 5.69 Å². The second-order valence-electron chi connectivity index (χ2n) is 6.67. The van der Waals surface area contributed by atoms with Gasteiger partial charge in [-0.2, -0.15) is 9.94 Å². The van der Waals surface area contributed by atoms with Gasteiger partial charge in [0, 0.05) is 18.8 Å². The number of halogens is 2. The minimum Gasteiger partial charge on any atom is -0.453 e. The lowest BCUT2D eigenvalue weighted by molar-refractivity contribution is 0.474. The Labute approximate surface area is 179 Å². The summed E-state index contributed by atoms with van der Waals surface area (Å²) in [6.07, 6.45) is 1.50. The minimum atomic E-state index is -0.897. The molecular formula is C19H15Cl2N5O4. The number of aromatic amines is 1. The Kier molecular flexibility index (Phi) is 5.82. The highest BCUT2D eigenvalue weighted by Crippen LogP contribution is 2.38. The van der Waals surface area contributed by atoms with E-state index in [1.807, 2.05) is 18.8 Å².